The molecule has 1 N–H and O–H groups in total. The van der Waals surface area contributed by atoms with Gasteiger partial charge < -0.3 is 10.1 Å². The van der Waals surface area contributed by atoms with Crippen molar-refractivity contribution < 1.29 is 4.74 Å². The largest absolute Gasteiger partial charge is 0.378 e. The van der Waals surface area contributed by atoms with E-state index in [1.54, 1.807) is 11.3 Å². The Bertz CT molecular complexity index is 327. The van der Waals surface area contributed by atoms with Crippen LogP contribution in [0, 0.1) is 12.8 Å². The minimum atomic E-state index is 0.468. The fourth-order valence-corrected chi connectivity index (χ4v) is 2.99. The van der Waals surface area contributed by atoms with Gasteiger partial charge in [0, 0.05) is 24.6 Å². The van der Waals surface area contributed by atoms with E-state index in [4.69, 9.17) is 4.74 Å². The Morgan fingerprint density at radius 2 is 2.50 bits per heavy atom. The van der Waals surface area contributed by atoms with Crippen LogP contribution in [0.5, 0.6) is 0 Å². The monoisotopic (exact) mass is 240 g/mol. The molecule has 1 saturated heterocycles. The second-order valence-corrected chi connectivity index (χ2v) is 5.30. The van der Waals surface area contributed by atoms with Gasteiger partial charge in [0.1, 0.15) is 0 Å². The van der Waals surface area contributed by atoms with Crippen molar-refractivity contribution in [2.75, 3.05) is 13.2 Å². The fourth-order valence-electron chi connectivity index (χ4n) is 2.24. The normalized spacial score (nSPS) is 25.1. The molecule has 1 aliphatic heterocycles. The number of hydrogen-bond acceptors (Lipinski definition) is 4. The molecule has 2 unspecified atom stereocenters. The molecule has 0 aromatic carbocycles. The third-order valence-corrected chi connectivity index (χ3v) is 4.22. The van der Waals surface area contributed by atoms with Gasteiger partial charge in [-0.2, -0.15) is 0 Å². The molecule has 2 rings (SSSR count). The highest BCUT2D eigenvalue weighted by Gasteiger charge is 2.25. The smallest absolute Gasteiger partial charge is 0.0798 e. The lowest BCUT2D eigenvalue weighted by Gasteiger charge is -2.17. The molecule has 0 radical (unpaired) electrons. The van der Waals surface area contributed by atoms with Gasteiger partial charge in [0.25, 0.3) is 0 Å². The molecule has 1 aliphatic rings. The van der Waals surface area contributed by atoms with Crippen LogP contribution in [0.25, 0.3) is 0 Å². The van der Waals surface area contributed by atoms with E-state index in [0.29, 0.717) is 12.0 Å². The summed E-state index contributed by atoms with van der Waals surface area (Å²) in [5, 5.41) is 3.53. The minimum absolute atomic E-state index is 0.468. The van der Waals surface area contributed by atoms with E-state index in [9.17, 15) is 0 Å². The van der Waals surface area contributed by atoms with Crippen molar-refractivity contribution in [3.8, 4) is 0 Å². The van der Waals surface area contributed by atoms with Crippen LogP contribution in [0.2, 0.25) is 0 Å². The molecule has 2 atom stereocenters. The summed E-state index contributed by atoms with van der Waals surface area (Å²) in [5.74, 6) is 0.693. The maximum absolute atomic E-state index is 5.68. The zero-order valence-corrected chi connectivity index (χ0v) is 10.8. The predicted octanol–water partition coefficient (Wildman–Crippen LogP) is 2.36. The first-order chi connectivity index (χ1) is 7.81. The molecule has 0 spiro atoms. The molecular weight excluding hydrogens is 220 g/mol. The topological polar surface area (TPSA) is 34.1 Å². The molecular formula is C12H20N2OS. The molecule has 0 aliphatic carbocycles. The van der Waals surface area contributed by atoms with Gasteiger partial charge in [0.05, 0.1) is 17.3 Å². The molecule has 1 aromatic heterocycles. The fraction of sp³-hybridized carbons (Fsp3) is 0.750. The molecule has 16 heavy (non-hydrogen) atoms. The second kappa shape index (κ2) is 5.75. The van der Waals surface area contributed by atoms with Crippen LogP contribution in [0.4, 0.5) is 0 Å². The number of nitrogens with one attached hydrogen (secondary N) is 1. The van der Waals surface area contributed by atoms with E-state index in [1.807, 2.05) is 5.51 Å². The van der Waals surface area contributed by atoms with Crippen molar-refractivity contribution in [3.63, 3.8) is 0 Å². The summed E-state index contributed by atoms with van der Waals surface area (Å²) < 4.78 is 5.68. The van der Waals surface area contributed by atoms with E-state index in [-0.39, 0.29) is 0 Å². The van der Waals surface area contributed by atoms with Crippen LogP contribution in [-0.4, -0.2) is 24.2 Å². The lowest BCUT2D eigenvalue weighted by atomic mass is 10.00. The van der Waals surface area contributed by atoms with E-state index in [0.717, 1.165) is 31.8 Å². The van der Waals surface area contributed by atoms with Gasteiger partial charge >= 0.3 is 0 Å². The van der Waals surface area contributed by atoms with E-state index in [2.05, 4.69) is 24.1 Å². The zero-order valence-electron chi connectivity index (χ0n) is 10.0. The van der Waals surface area contributed by atoms with Crippen LogP contribution in [0.1, 0.15) is 30.3 Å². The average Bonchev–Trinajstić information content (AvgIpc) is 2.88. The molecule has 4 heteroatoms. The zero-order chi connectivity index (χ0) is 11.4. The van der Waals surface area contributed by atoms with Crippen molar-refractivity contribution in [2.24, 2.45) is 5.92 Å². The molecule has 1 fully saturated rings. The van der Waals surface area contributed by atoms with Crippen molar-refractivity contribution in [2.45, 2.75) is 39.3 Å². The molecule has 90 valence electrons. The Morgan fingerprint density at radius 3 is 3.19 bits per heavy atom. The summed E-state index contributed by atoms with van der Waals surface area (Å²) in [6.45, 7) is 7.22. The van der Waals surface area contributed by atoms with Gasteiger partial charge in [-0.05, 0) is 25.7 Å². The van der Waals surface area contributed by atoms with Crippen LogP contribution >= 0.6 is 11.3 Å². The van der Waals surface area contributed by atoms with Crippen LogP contribution < -0.4 is 5.32 Å². The minimum Gasteiger partial charge on any atom is -0.378 e. The molecule has 3 nitrogen and oxygen atoms in total. The number of ether oxygens (including phenoxy) is 1. The van der Waals surface area contributed by atoms with E-state index >= 15 is 0 Å². The molecule has 1 aromatic rings. The summed E-state index contributed by atoms with van der Waals surface area (Å²) in [5.41, 5.74) is 3.08. The number of nitrogens with zero attached hydrogens (tertiary/aromatic N) is 1. The second-order valence-electron chi connectivity index (χ2n) is 4.36. The first-order valence-corrected chi connectivity index (χ1v) is 6.90. The summed E-state index contributed by atoms with van der Waals surface area (Å²) in [6, 6.07) is 0. The Balaban J connectivity index is 1.74. The van der Waals surface area contributed by atoms with Crippen LogP contribution in [-0.2, 0) is 11.3 Å². The summed E-state index contributed by atoms with van der Waals surface area (Å²) >= 11 is 1.73. The van der Waals surface area contributed by atoms with Crippen molar-refractivity contribution in [1.29, 1.82) is 0 Å². The van der Waals surface area contributed by atoms with Gasteiger partial charge in [-0.1, -0.05) is 6.92 Å². The van der Waals surface area contributed by atoms with Crippen molar-refractivity contribution >= 4 is 11.3 Å². The lowest BCUT2D eigenvalue weighted by Crippen LogP contribution is -2.27. The van der Waals surface area contributed by atoms with Gasteiger partial charge in [0.2, 0.25) is 0 Å². The first-order valence-electron chi connectivity index (χ1n) is 6.02. The molecule has 2 heterocycles. The van der Waals surface area contributed by atoms with Crippen molar-refractivity contribution in [3.05, 3.63) is 16.1 Å². The average molecular weight is 240 g/mol. The lowest BCUT2D eigenvalue weighted by molar-refractivity contribution is 0.0872. The number of aryl methyl sites for hydroxylation is 1. The van der Waals surface area contributed by atoms with Crippen molar-refractivity contribution in [1.82, 2.24) is 10.3 Å². The Hall–Kier alpha value is -0.450. The number of thiazole rings is 1. The molecule has 0 saturated carbocycles. The quantitative estimate of drug-likeness (QED) is 0.858. The number of aromatic nitrogens is 1. The van der Waals surface area contributed by atoms with Crippen LogP contribution in [0.15, 0.2) is 5.51 Å². The third kappa shape index (κ3) is 2.81. The maximum atomic E-state index is 5.68. The van der Waals surface area contributed by atoms with Crippen LogP contribution in [0.3, 0.4) is 0 Å². The highest BCUT2D eigenvalue weighted by Crippen LogP contribution is 2.22. The Labute approximate surface area is 101 Å². The summed E-state index contributed by atoms with van der Waals surface area (Å²) in [6.07, 6.45) is 2.80. The SMILES string of the molecule is CCC1OCCC1CNCc1scnc1C. The van der Waals surface area contributed by atoms with Gasteiger partial charge in [-0.3, -0.25) is 0 Å². The van der Waals surface area contributed by atoms with E-state index in [1.165, 1.54) is 11.3 Å². The van der Waals surface area contributed by atoms with Gasteiger partial charge in [-0.15, -0.1) is 11.3 Å². The highest BCUT2D eigenvalue weighted by molar-refractivity contribution is 7.09. The third-order valence-electron chi connectivity index (χ3n) is 3.29. The highest BCUT2D eigenvalue weighted by atomic mass is 32.1. The molecule has 0 bridgehead atoms. The summed E-state index contributed by atoms with van der Waals surface area (Å²) in [7, 11) is 0. The maximum Gasteiger partial charge on any atom is 0.0798 e. The first kappa shape index (κ1) is 12.0. The van der Waals surface area contributed by atoms with Gasteiger partial charge in [-0.25, -0.2) is 4.98 Å². The molecule has 0 amide bonds. The Kier molecular flexibility index (Phi) is 4.32. The summed E-state index contributed by atoms with van der Waals surface area (Å²) in [4.78, 5) is 5.61. The number of hydrogen-bond donors (Lipinski definition) is 1. The van der Waals surface area contributed by atoms with E-state index < -0.39 is 0 Å². The predicted molar refractivity (Wildman–Crippen MR) is 66.7 cm³/mol. The Morgan fingerprint density at radius 1 is 1.62 bits per heavy atom. The standard InChI is InChI=1S/C12H20N2OS/c1-3-11-10(4-5-15-11)6-13-7-12-9(2)14-8-16-12/h8,10-11,13H,3-7H2,1-2H3. The number of rotatable bonds is 5. The van der Waals surface area contributed by atoms with Gasteiger partial charge in [0.15, 0.2) is 0 Å².